The Morgan fingerprint density at radius 1 is 1.42 bits per heavy atom. The van der Waals surface area contributed by atoms with E-state index in [2.05, 4.69) is 10.1 Å². The number of ether oxygens (including phenoxy) is 1. The van der Waals surface area contributed by atoms with Gasteiger partial charge in [-0.1, -0.05) is 25.2 Å². The third-order valence-electron chi connectivity index (χ3n) is 3.43. The molecule has 26 heavy (non-hydrogen) atoms. The van der Waals surface area contributed by atoms with E-state index in [0.717, 1.165) is 5.56 Å². The van der Waals surface area contributed by atoms with E-state index >= 15 is 0 Å². The number of hydrogen-bond donors (Lipinski definition) is 0. The lowest BCUT2D eigenvalue weighted by molar-refractivity contribution is -0.114. The van der Waals surface area contributed by atoms with E-state index in [1.807, 2.05) is 27.1 Å². The minimum absolute atomic E-state index is 0.188. The normalized spacial score (nSPS) is 11.3. The number of anilines is 1. The van der Waals surface area contributed by atoms with Gasteiger partial charge in [0, 0.05) is 31.4 Å². The van der Waals surface area contributed by atoms with Crippen LogP contribution in [-0.2, 0) is 16.6 Å². The number of hydrogen-bond acceptors (Lipinski definition) is 6. The number of esters is 1. The maximum absolute atomic E-state index is 12.7. The van der Waals surface area contributed by atoms with Crippen LogP contribution in [0.15, 0.2) is 18.5 Å². The molecule has 1 amide bonds. The van der Waals surface area contributed by atoms with Crippen molar-refractivity contribution >= 4 is 34.4 Å². The van der Waals surface area contributed by atoms with Crippen LogP contribution in [0.5, 0.6) is 0 Å². The van der Waals surface area contributed by atoms with Gasteiger partial charge in [-0.2, -0.15) is 5.10 Å². The van der Waals surface area contributed by atoms with Gasteiger partial charge in [0.1, 0.15) is 4.88 Å². The van der Waals surface area contributed by atoms with Gasteiger partial charge in [0.15, 0.2) is 5.13 Å². The lowest BCUT2D eigenvalue weighted by atomic mass is 10.2. The first-order chi connectivity index (χ1) is 12.3. The van der Waals surface area contributed by atoms with E-state index in [-0.39, 0.29) is 11.8 Å². The molecule has 0 fully saturated rings. The van der Waals surface area contributed by atoms with Crippen LogP contribution in [0.25, 0.3) is 6.08 Å². The van der Waals surface area contributed by atoms with Gasteiger partial charge in [-0.15, -0.1) is 0 Å². The Labute approximate surface area is 157 Å². The van der Waals surface area contributed by atoms with Crippen LogP contribution in [0, 0.1) is 12.8 Å². The largest absolute Gasteiger partial charge is 0.462 e. The van der Waals surface area contributed by atoms with Gasteiger partial charge in [0.05, 0.1) is 18.5 Å². The molecule has 2 aromatic heterocycles. The highest BCUT2D eigenvalue weighted by atomic mass is 32.1. The minimum atomic E-state index is -0.406. The van der Waals surface area contributed by atoms with Crippen molar-refractivity contribution in [3.05, 3.63) is 34.6 Å². The van der Waals surface area contributed by atoms with Gasteiger partial charge in [-0.3, -0.25) is 14.4 Å². The SMILES string of the molecule is CCOC(=O)c1sc(N(CC(C)C)C(=O)C=Cc2cnn(C)c2)nc1C. The highest BCUT2D eigenvalue weighted by Gasteiger charge is 2.23. The first-order valence-corrected chi connectivity index (χ1v) is 9.26. The lowest BCUT2D eigenvalue weighted by Gasteiger charge is -2.20. The molecule has 7 nitrogen and oxygen atoms in total. The molecule has 2 aromatic rings. The summed E-state index contributed by atoms with van der Waals surface area (Å²) in [5, 5.41) is 4.58. The van der Waals surface area contributed by atoms with Crippen LogP contribution in [0.4, 0.5) is 5.13 Å². The van der Waals surface area contributed by atoms with Crippen molar-refractivity contribution in [3.63, 3.8) is 0 Å². The van der Waals surface area contributed by atoms with Gasteiger partial charge < -0.3 is 4.74 Å². The van der Waals surface area contributed by atoms with E-state index < -0.39 is 5.97 Å². The van der Waals surface area contributed by atoms with E-state index in [1.54, 1.807) is 35.7 Å². The molecule has 0 atom stereocenters. The summed E-state index contributed by atoms with van der Waals surface area (Å²) in [4.78, 5) is 31.2. The highest BCUT2D eigenvalue weighted by Crippen LogP contribution is 2.28. The Bertz CT molecular complexity index is 807. The van der Waals surface area contributed by atoms with E-state index in [1.165, 1.54) is 17.4 Å². The number of amides is 1. The van der Waals surface area contributed by atoms with Crippen LogP contribution < -0.4 is 4.90 Å². The number of aromatic nitrogens is 3. The fraction of sp³-hybridized carbons (Fsp3) is 0.444. The second kappa shape index (κ2) is 8.75. The molecule has 2 rings (SSSR count). The number of rotatable bonds is 7. The summed E-state index contributed by atoms with van der Waals surface area (Å²) in [6, 6.07) is 0. The molecule has 140 valence electrons. The van der Waals surface area contributed by atoms with Gasteiger partial charge in [-0.05, 0) is 25.8 Å². The molecule has 0 saturated carbocycles. The highest BCUT2D eigenvalue weighted by molar-refractivity contribution is 7.17. The number of thiazole rings is 1. The summed E-state index contributed by atoms with van der Waals surface area (Å²) in [6.07, 6.45) is 6.72. The zero-order valence-electron chi connectivity index (χ0n) is 15.7. The van der Waals surface area contributed by atoms with Crippen molar-refractivity contribution in [1.29, 1.82) is 0 Å². The fourth-order valence-electron chi connectivity index (χ4n) is 2.29. The number of carbonyl (C=O) groups is 2. The van der Waals surface area contributed by atoms with Crippen LogP contribution >= 0.6 is 11.3 Å². The first-order valence-electron chi connectivity index (χ1n) is 8.44. The lowest BCUT2D eigenvalue weighted by Crippen LogP contribution is -2.32. The summed E-state index contributed by atoms with van der Waals surface area (Å²) in [6.45, 7) is 8.36. The second-order valence-electron chi connectivity index (χ2n) is 6.25. The minimum Gasteiger partial charge on any atom is -0.462 e. The molecule has 0 N–H and O–H groups in total. The Morgan fingerprint density at radius 3 is 2.73 bits per heavy atom. The zero-order chi connectivity index (χ0) is 19.3. The van der Waals surface area contributed by atoms with E-state index in [4.69, 9.17) is 4.74 Å². The average molecular weight is 376 g/mol. The maximum Gasteiger partial charge on any atom is 0.350 e. The van der Waals surface area contributed by atoms with Gasteiger partial charge in [-0.25, -0.2) is 9.78 Å². The molecule has 0 radical (unpaired) electrons. The van der Waals surface area contributed by atoms with Gasteiger partial charge in [0.25, 0.3) is 5.91 Å². The predicted molar refractivity (Wildman–Crippen MR) is 102 cm³/mol. The van der Waals surface area contributed by atoms with Crippen molar-refractivity contribution in [2.24, 2.45) is 13.0 Å². The quantitative estimate of drug-likeness (QED) is 0.548. The standard InChI is InChI=1S/C18H24N4O3S/c1-6-25-17(24)16-13(4)20-18(26-16)22(10-12(2)3)15(23)8-7-14-9-19-21(5)11-14/h7-9,11-12H,6,10H2,1-5H3. The second-order valence-corrected chi connectivity index (χ2v) is 7.23. The Balaban J connectivity index is 2.26. The average Bonchev–Trinajstić information content (AvgIpc) is 3.16. The molecule has 8 heteroatoms. The molecule has 0 spiro atoms. The molecule has 0 aliphatic rings. The van der Waals surface area contributed by atoms with Crippen LogP contribution in [0.1, 0.15) is 41.7 Å². The monoisotopic (exact) mass is 376 g/mol. The fourth-order valence-corrected chi connectivity index (χ4v) is 3.27. The molecule has 0 bridgehead atoms. The molecule has 0 aliphatic heterocycles. The van der Waals surface area contributed by atoms with Crippen molar-refractivity contribution < 1.29 is 14.3 Å². The number of aryl methyl sites for hydroxylation is 2. The van der Waals surface area contributed by atoms with Gasteiger partial charge in [0.2, 0.25) is 0 Å². The third-order valence-corrected chi connectivity index (χ3v) is 4.59. The summed E-state index contributed by atoms with van der Waals surface area (Å²) in [5.41, 5.74) is 1.41. The Kier molecular flexibility index (Phi) is 6.68. The van der Waals surface area contributed by atoms with Crippen molar-refractivity contribution in [1.82, 2.24) is 14.8 Å². The number of nitrogens with zero attached hydrogens (tertiary/aromatic N) is 4. The molecule has 0 saturated heterocycles. The van der Waals surface area contributed by atoms with Crippen LogP contribution in [0.3, 0.4) is 0 Å². The Morgan fingerprint density at radius 2 is 2.15 bits per heavy atom. The third kappa shape index (κ3) is 5.01. The zero-order valence-corrected chi connectivity index (χ0v) is 16.5. The molecular weight excluding hydrogens is 352 g/mol. The number of carbonyl (C=O) groups excluding carboxylic acids is 2. The van der Waals surface area contributed by atoms with Crippen LogP contribution in [0.2, 0.25) is 0 Å². The smallest absolute Gasteiger partial charge is 0.350 e. The topological polar surface area (TPSA) is 77.3 Å². The summed E-state index contributed by atoms with van der Waals surface area (Å²) in [7, 11) is 1.82. The molecule has 0 aliphatic carbocycles. The van der Waals surface area contributed by atoms with Crippen LogP contribution in [-0.4, -0.2) is 39.8 Å². The van der Waals surface area contributed by atoms with Crippen molar-refractivity contribution in [2.45, 2.75) is 27.7 Å². The van der Waals surface area contributed by atoms with E-state index in [9.17, 15) is 9.59 Å². The van der Waals surface area contributed by atoms with Crippen molar-refractivity contribution in [2.75, 3.05) is 18.1 Å². The van der Waals surface area contributed by atoms with Gasteiger partial charge >= 0.3 is 5.97 Å². The Hall–Kier alpha value is -2.48. The molecule has 0 aromatic carbocycles. The molecule has 0 unspecified atom stereocenters. The summed E-state index contributed by atoms with van der Waals surface area (Å²) in [5.74, 6) is -0.343. The summed E-state index contributed by atoms with van der Waals surface area (Å²) >= 11 is 1.18. The summed E-state index contributed by atoms with van der Waals surface area (Å²) < 4.78 is 6.73. The first kappa shape index (κ1) is 19.8. The van der Waals surface area contributed by atoms with Crippen molar-refractivity contribution in [3.8, 4) is 0 Å². The molecule has 2 heterocycles. The molecular formula is C18H24N4O3S. The van der Waals surface area contributed by atoms with E-state index in [0.29, 0.717) is 28.9 Å². The maximum atomic E-state index is 12.7. The predicted octanol–water partition coefficient (Wildman–Crippen LogP) is 3.06.